The van der Waals surface area contributed by atoms with E-state index < -0.39 is 11.8 Å². The van der Waals surface area contributed by atoms with E-state index in [2.05, 4.69) is 142 Å². The first-order chi connectivity index (χ1) is 28.3. The van der Waals surface area contributed by atoms with Crippen LogP contribution in [0.3, 0.4) is 0 Å². The standard InChI is InChI=1S/C49H48N6OS2/c1-33-23-37(17-19-47(33)57)43(31-54-21-9-15-39(29-54)45-27-41(50-52-45)25-35-11-5-3-6-12-35)49(56)44(38-18-20-48(58)34(2)24-38)32-55-22-10-16-40(30-55)46-28-42(51-53-46)26-36-13-7-4-8-14-36/h3-14,17-24,27-30,43-44,57-58H,15-16,25-26,31-32H2,1-2H3,(H,50,52)(H,51,53). The van der Waals surface area contributed by atoms with E-state index in [4.69, 9.17) is 35.5 Å². The number of aromatic nitrogens is 4. The minimum atomic E-state index is -0.439. The number of Topliss-reactive ketones (excluding diaryl/α,β-unsaturated/α-hetero) is 1. The molecule has 0 fully saturated rings. The average Bonchev–Trinajstić information content (AvgIpc) is 3.92. The third-order valence-corrected chi connectivity index (χ3v) is 12.0. The molecule has 2 aliphatic heterocycles. The van der Waals surface area contributed by atoms with Gasteiger partial charge in [0, 0.05) is 59.5 Å². The van der Waals surface area contributed by atoms with Crippen LogP contribution in [0.5, 0.6) is 0 Å². The number of aryl methyl sites for hydroxylation is 2. The van der Waals surface area contributed by atoms with Gasteiger partial charge in [-0.1, -0.05) is 97.1 Å². The van der Waals surface area contributed by atoms with E-state index in [1.54, 1.807) is 0 Å². The summed E-state index contributed by atoms with van der Waals surface area (Å²) >= 11 is 9.38. The summed E-state index contributed by atoms with van der Waals surface area (Å²) in [4.78, 5) is 21.5. The molecule has 0 aliphatic carbocycles. The number of hydrogen-bond acceptors (Lipinski definition) is 7. The van der Waals surface area contributed by atoms with Crippen molar-refractivity contribution in [2.45, 2.75) is 61.2 Å². The van der Waals surface area contributed by atoms with Gasteiger partial charge in [0.1, 0.15) is 0 Å². The smallest absolute Gasteiger partial charge is 0.151 e. The molecule has 0 bridgehead atoms. The number of allylic oxidation sites excluding steroid dienone is 4. The molecule has 9 heteroatoms. The fourth-order valence-corrected chi connectivity index (χ4v) is 8.11. The van der Waals surface area contributed by atoms with Crippen molar-refractivity contribution in [3.8, 4) is 0 Å². The van der Waals surface area contributed by atoms with E-state index in [0.717, 1.165) is 91.6 Å². The molecule has 58 heavy (non-hydrogen) atoms. The van der Waals surface area contributed by atoms with Gasteiger partial charge < -0.3 is 9.80 Å². The van der Waals surface area contributed by atoms with E-state index in [0.29, 0.717) is 13.1 Å². The molecule has 0 spiro atoms. The molecule has 0 radical (unpaired) electrons. The molecule has 4 aromatic carbocycles. The van der Waals surface area contributed by atoms with Gasteiger partial charge in [0.05, 0.1) is 23.2 Å². The summed E-state index contributed by atoms with van der Waals surface area (Å²) in [7, 11) is 0. The SMILES string of the molecule is Cc1cc(C(CN2C=CCC(c3cc(Cc4ccccc4)[nH]n3)=C2)C(=O)C(CN2C=CCC(c3cc(Cc4ccccc4)[nH]n3)=C2)c2ccc(S)c(C)c2)ccc1S. The monoisotopic (exact) mass is 800 g/mol. The van der Waals surface area contributed by atoms with Crippen molar-refractivity contribution in [2.24, 2.45) is 0 Å². The Morgan fingerprint density at radius 2 is 1.05 bits per heavy atom. The van der Waals surface area contributed by atoms with E-state index in [1.165, 1.54) is 11.1 Å². The van der Waals surface area contributed by atoms with Crippen LogP contribution in [0.25, 0.3) is 11.1 Å². The number of carbonyl (C=O) groups excluding carboxylic acids is 1. The summed E-state index contributed by atoms with van der Waals surface area (Å²) < 4.78 is 0. The maximum atomic E-state index is 15.4. The van der Waals surface area contributed by atoms with Crippen molar-refractivity contribution < 1.29 is 4.79 Å². The Labute approximate surface area is 352 Å². The number of ketones is 1. The third-order valence-electron chi connectivity index (χ3n) is 11.0. The van der Waals surface area contributed by atoms with Crippen molar-refractivity contribution in [2.75, 3.05) is 13.1 Å². The van der Waals surface area contributed by atoms with Crippen molar-refractivity contribution in [1.82, 2.24) is 30.2 Å². The lowest BCUT2D eigenvalue weighted by Crippen LogP contribution is -2.34. The quantitative estimate of drug-likeness (QED) is 0.0825. The molecule has 0 amide bonds. The number of carbonyl (C=O) groups is 1. The summed E-state index contributed by atoms with van der Waals surface area (Å²) in [5.41, 5.74) is 12.6. The van der Waals surface area contributed by atoms with Gasteiger partial charge in [0.2, 0.25) is 0 Å². The first-order valence-corrected chi connectivity index (χ1v) is 20.7. The van der Waals surface area contributed by atoms with Crippen molar-refractivity contribution in [3.63, 3.8) is 0 Å². The molecule has 7 nitrogen and oxygen atoms in total. The van der Waals surface area contributed by atoms with Crippen LogP contribution >= 0.6 is 25.3 Å². The third kappa shape index (κ3) is 9.33. The summed E-state index contributed by atoms with van der Waals surface area (Å²) in [6.45, 7) is 5.04. The summed E-state index contributed by atoms with van der Waals surface area (Å²) in [6, 6.07) is 37.5. The normalized spacial score (nSPS) is 15.0. The van der Waals surface area contributed by atoms with E-state index in [1.807, 2.05) is 38.1 Å². The summed E-state index contributed by atoms with van der Waals surface area (Å²) in [5, 5.41) is 15.9. The van der Waals surface area contributed by atoms with Crippen LogP contribution in [0.1, 0.15) is 80.8 Å². The lowest BCUT2D eigenvalue weighted by atomic mass is 9.82. The minimum absolute atomic E-state index is 0.148. The van der Waals surface area contributed by atoms with Gasteiger partial charge in [-0.25, -0.2) is 0 Å². The van der Waals surface area contributed by atoms with Crippen LogP contribution in [0.4, 0.5) is 0 Å². The Balaban J connectivity index is 1.08. The first kappa shape index (κ1) is 39.1. The van der Waals surface area contributed by atoms with Crippen LogP contribution in [0, 0.1) is 13.8 Å². The van der Waals surface area contributed by atoms with Gasteiger partial charge in [-0.15, -0.1) is 25.3 Å². The maximum absolute atomic E-state index is 15.4. The van der Waals surface area contributed by atoms with Crippen molar-refractivity contribution in [1.29, 1.82) is 0 Å². The molecule has 6 aromatic rings. The number of nitrogens with one attached hydrogen (secondary N) is 2. The Hall–Kier alpha value is -5.77. The molecule has 2 aromatic heterocycles. The van der Waals surface area contributed by atoms with Crippen molar-refractivity contribution in [3.05, 3.63) is 202 Å². The molecular formula is C49H48N6OS2. The van der Waals surface area contributed by atoms with Gasteiger partial charge in [-0.3, -0.25) is 15.0 Å². The van der Waals surface area contributed by atoms with Gasteiger partial charge in [0.15, 0.2) is 5.78 Å². The first-order valence-electron chi connectivity index (χ1n) is 19.8. The summed E-state index contributed by atoms with van der Waals surface area (Å²) in [6.07, 6.45) is 15.9. The second-order valence-corrected chi connectivity index (χ2v) is 16.3. The second-order valence-electron chi connectivity index (χ2n) is 15.4. The Morgan fingerprint density at radius 3 is 1.47 bits per heavy atom. The topological polar surface area (TPSA) is 80.9 Å². The number of H-pyrrole nitrogens is 2. The highest BCUT2D eigenvalue weighted by atomic mass is 32.1. The van der Waals surface area contributed by atoms with Crippen molar-refractivity contribution >= 4 is 42.2 Å². The van der Waals surface area contributed by atoms with Gasteiger partial charge in [-0.2, -0.15) is 10.2 Å². The number of benzene rings is 4. The number of nitrogens with zero attached hydrogens (tertiary/aromatic N) is 4. The Bertz CT molecular complexity index is 2340. The van der Waals surface area contributed by atoms with Crippen LogP contribution in [0.2, 0.25) is 0 Å². The predicted octanol–water partition coefficient (Wildman–Crippen LogP) is 10.5. The molecule has 292 valence electrons. The zero-order valence-electron chi connectivity index (χ0n) is 32.8. The number of aromatic amines is 2. The van der Waals surface area contributed by atoms with Crippen LogP contribution in [-0.2, 0) is 17.6 Å². The largest absolute Gasteiger partial charge is 0.353 e. The van der Waals surface area contributed by atoms with E-state index in [-0.39, 0.29) is 5.78 Å². The Morgan fingerprint density at radius 1 is 0.621 bits per heavy atom. The van der Waals surface area contributed by atoms with Crippen LogP contribution in [0.15, 0.2) is 156 Å². The Kier molecular flexibility index (Phi) is 12.0. The zero-order chi connectivity index (χ0) is 40.0. The van der Waals surface area contributed by atoms with Gasteiger partial charge in [-0.05, 0) is 108 Å². The minimum Gasteiger partial charge on any atom is -0.353 e. The van der Waals surface area contributed by atoms with Gasteiger partial charge >= 0.3 is 0 Å². The lowest BCUT2D eigenvalue weighted by Gasteiger charge is -2.31. The molecule has 4 heterocycles. The highest BCUT2D eigenvalue weighted by Crippen LogP contribution is 2.34. The van der Waals surface area contributed by atoms with E-state index >= 15 is 4.79 Å². The molecule has 2 unspecified atom stereocenters. The second kappa shape index (κ2) is 17.8. The molecule has 2 atom stereocenters. The lowest BCUT2D eigenvalue weighted by molar-refractivity contribution is -0.122. The highest BCUT2D eigenvalue weighted by molar-refractivity contribution is 7.80. The van der Waals surface area contributed by atoms with Crippen LogP contribution < -0.4 is 0 Å². The average molecular weight is 801 g/mol. The number of thiol groups is 2. The molecule has 0 saturated carbocycles. The maximum Gasteiger partial charge on any atom is 0.151 e. The highest BCUT2D eigenvalue weighted by Gasteiger charge is 2.33. The van der Waals surface area contributed by atoms with Gasteiger partial charge in [0.25, 0.3) is 0 Å². The molecule has 8 rings (SSSR count). The molecule has 2 N–H and O–H groups in total. The van der Waals surface area contributed by atoms with E-state index in [9.17, 15) is 0 Å². The summed E-state index contributed by atoms with van der Waals surface area (Å²) in [5.74, 6) is -0.730. The number of hydrogen-bond donors (Lipinski definition) is 4. The fourth-order valence-electron chi connectivity index (χ4n) is 7.83. The molecule has 0 saturated heterocycles. The number of rotatable bonds is 14. The zero-order valence-corrected chi connectivity index (χ0v) is 34.6. The predicted molar refractivity (Wildman–Crippen MR) is 240 cm³/mol. The molecular weight excluding hydrogens is 753 g/mol. The van der Waals surface area contributed by atoms with Crippen LogP contribution in [-0.4, -0.2) is 49.1 Å². The molecule has 2 aliphatic rings. The fraction of sp³-hybridized carbons (Fsp3) is 0.204.